The average molecular weight is 284 g/mol. The van der Waals surface area contributed by atoms with E-state index in [1.807, 2.05) is 0 Å². The Bertz CT molecular complexity index is 765. The van der Waals surface area contributed by atoms with Crippen LogP contribution in [-0.2, 0) is 0 Å². The van der Waals surface area contributed by atoms with Crippen LogP contribution in [0.1, 0.15) is 0 Å². The van der Waals surface area contributed by atoms with Gasteiger partial charge in [-0.25, -0.2) is 9.78 Å². The lowest BCUT2D eigenvalue weighted by Crippen LogP contribution is -2.16. The smallest absolute Gasteiger partial charge is 0.417 e. The maximum Gasteiger partial charge on any atom is 0.417 e. The summed E-state index contributed by atoms with van der Waals surface area (Å²) in [6, 6.07) is 12.0. The maximum absolute atomic E-state index is 11.9. The summed E-state index contributed by atoms with van der Waals surface area (Å²) in [5.74, 6) is 1.05. The number of ether oxygens (including phenoxy) is 2. The van der Waals surface area contributed by atoms with Crippen molar-refractivity contribution in [3.63, 3.8) is 0 Å². The van der Waals surface area contributed by atoms with E-state index in [9.17, 15) is 4.79 Å². The molecule has 1 aromatic heterocycles. The van der Waals surface area contributed by atoms with Crippen LogP contribution < -0.4 is 14.8 Å². The van der Waals surface area contributed by atoms with E-state index < -0.39 is 6.09 Å². The highest BCUT2D eigenvalue weighted by atomic mass is 16.6. The lowest BCUT2D eigenvalue weighted by Gasteiger charge is -2.07. The van der Waals surface area contributed by atoms with Crippen molar-refractivity contribution < 1.29 is 18.7 Å². The van der Waals surface area contributed by atoms with Crippen LogP contribution in [0.25, 0.3) is 11.1 Å². The van der Waals surface area contributed by atoms with Crippen molar-refractivity contribution in [2.75, 3.05) is 12.4 Å². The molecule has 21 heavy (non-hydrogen) atoms. The molecule has 0 bridgehead atoms. The summed E-state index contributed by atoms with van der Waals surface area (Å²) >= 11 is 0. The Morgan fingerprint density at radius 2 is 2.00 bits per heavy atom. The molecule has 2 aromatic carbocycles. The van der Waals surface area contributed by atoms with Crippen molar-refractivity contribution in [3.8, 4) is 11.5 Å². The SMILES string of the molecule is COc1ccc(NC(=O)Oc2cccc3ocnc23)cc1. The first-order chi connectivity index (χ1) is 10.3. The summed E-state index contributed by atoms with van der Waals surface area (Å²) in [5.41, 5.74) is 1.67. The van der Waals surface area contributed by atoms with E-state index in [0.29, 0.717) is 28.3 Å². The highest BCUT2D eigenvalue weighted by Crippen LogP contribution is 2.24. The van der Waals surface area contributed by atoms with Crippen LogP contribution in [0, 0.1) is 0 Å². The number of oxazole rings is 1. The Morgan fingerprint density at radius 3 is 2.76 bits per heavy atom. The predicted octanol–water partition coefficient (Wildman–Crippen LogP) is 3.45. The van der Waals surface area contributed by atoms with Gasteiger partial charge in [-0.2, -0.15) is 0 Å². The fourth-order valence-corrected chi connectivity index (χ4v) is 1.86. The topological polar surface area (TPSA) is 73.6 Å². The molecule has 0 aliphatic heterocycles. The Labute approximate surface area is 120 Å². The van der Waals surface area contributed by atoms with Crippen LogP contribution in [0.5, 0.6) is 11.5 Å². The number of fused-ring (bicyclic) bond motifs is 1. The summed E-state index contributed by atoms with van der Waals surface area (Å²) in [7, 11) is 1.58. The van der Waals surface area contributed by atoms with E-state index in [2.05, 4.69) is 10.3 Å². The molecule has 3 rings (SSSR count). The Morgan fingerprint density at radius 1 is 1.19 bits per heavy atom. The zero-order chi connectivity index (χ0) is 14.7. The zero-order valence-electron chi connectivity index (χ0n) is 11.2. The Balaban J connectivity index is 1.72. The molecule has 0 radical (unpaired) electrons. The number of carbonyl (C=O) groups excluding carboxylic acids is 1. The van der Waals surface area contributed by atoms with E-state index in [0.717, 1.165) is 0 Å². The minimum atomic E-state index is -0.601. The minimum Gasteiger partial charge on any atom is -0.497 e. The van der Waals surface area contributed by atoms with Crippen molar-refractivity contribution >= 4 is 22.9 Å². The molecule has 6 nitrogen and oxygen atoms in total. The molecule has 0 saturated carbocycles. The maximum atomic E-state index is 11.9. The number of carbonyl (C=O) groups is 1. The number of aromatic nitrogens is 1. The molecule has 1 amide bonds. The lowest BCUT2D eigenvalue weighted by atomic mass is 10.3. The molecule has 0 unspecified atom stereocenters. The Hall–Kier alpha value is -3.02. The van der Waals surface area contributed by atoms with Crippen molar-refractivity contribution in [1.29, 1.82) is 0 Å². The summed E-state index contributed by atoms with van der Waals surface area (Å²) in [6.45, 7) is 0. The third-order valence-corrected chi connectivity index (χ3v) is 2.86. The summed E-state index contributed by atoms with van der Waals surface area (Å²) < 4.78 is 15.4. The van der Waals surface area contributed by atoms with Gasteiger partial charge in [0.05, 0.1) is 7.11 Å². The number of hydrogen-bond donors (Lipinski definition) is 1. The molecule has 3 aromatic rings. The first-order valence-corrected chi connectivity index (χ1v) is 6.21. The molecule has 0 spiro atoms. The first-order valence-electron chi connectivity index (χ1n) is 6.21. The molecule has 106 valence electrons. The van der Waals surface area contributed by atoms with E-state index in [4.69, 9.17) is 13.9 Å². The van der Waals surface area contributed by atoms with E-state index in [1.165, 1.54) is 6.39 Å². The number of anilines is 1. The number of para-hydroxylation sites is 1. The fraction of sp³-hybridized carbons (Fsp3) is 0.0667. The number of rotatable bonds is 3. The van der Waals surface area contributed by atoms with E-state index in [-0.39, 0.29) is 0 Å². The monoisotopic (exact) mass is 284 g/mol. The number of benzene rings is 2. The number of amides is 1. The quantitative estimate of drug-likeness (QED) is 0.797. The van der Waals surface area contributed by atoms with Crippen LogP contribution >= 0.6 is 0 Å². The van der Waals surface area contributed by atoms with Crippen LogP contribution in [0.2, 0.25) is 0 Å². The van der Waals surface area contributed by atoms with Crippen molar-refractivity contribution in [2.45, 2.75) is 0 Å². The van der Waals surface area contributed by atoms with Gasteiger partial charge in [-0.3, -0.25) is 5.32 Å². The van der Waals surface area contributed by atoms with Gasteiger partial charge < -0.3 is 13.9 Å². The second-order valence-electron chi connectivity index (χ2n) is 4.20. The summed E-state index contributed by atoms with van der Waals surface area (Å²) in [6.07, 6.45) is 0.703. The van der Waals surface area contributed by atoms with Gasteiger partial charge in [0.25, 0.3) is 0 Å². The van der Waals surface area contributed by atoms with E-state index in [1.54, 1.807) is 49.6 Å². The fourth-order valence-electron chi connectivity index (χ4n) is 1.86. The molecule has 1 heterocycles. The third-order valence-electron chi connectivity index (χ3n) is 2.86. The zero-order valence-corrected chi connectivity index (χ0v) is 11.2. The van der Waals surface area contributed by atoms with Gasteiger partial charge in [-0.15, -0.1) is 0 Å². The van der Waals surface area contributed by atoms with Crippen LogP contribution in [-0.4, -0.2) is 18.2 Å². The number of nitrogens with zero attached hydrogens (tertiary/aromatic N) is 1. The van der Waals surface area contributed by atoms with Crippen LogP contribution in [0.4, 0.5) is 10.5 Å². The number of nitrogens with one attached hydrogen (secondary N) is 1. The number of methoxy groups -OCH3 is 1. The molecule has 1 N–H and O–H groups in total. The van der Waals surface area contributed by atoms with Gasteiger partial charge in [0.1, 0.15) is 5.75 Å². The van der Waals surface area contributed by atoms with Crippen molar-refractivity contribution in [1.82, 2.24) is 4.98 Å². The summed E-state index contributed by atoms with van der Waals surface area (Å²) in [5, 5.41) is 2.62. The largest absolute Gasteiger partial charge is 0.497 e. The number of hydrogen-bond acceptors (Lipinski definition) is 5. The van der Waals surface area contributed by atoms with Gasteiger partial charge >= 0.3 is 6.09 Å². The van der Waals surface area contributed by atoms with Crippen LogP contribution in [0.3, 0.4) is 0 Å². The van der Waals surface area contributed by atoms with Gasteiger partial charge in [0.2, 0.25) is 0 Å². The van der Waals surface area contributed by atoms with Crippen molar-refractivity contribution in [2.24, 2.45) is 0 Å². The van der Waals surface area contributed by atoms with Gasteiger partial charge in [0.15, 0.2) is 23.2 Å². The van der Waals surface area contributed by atoms with Gasteiger partial charge in [-0.1, -0.05) is 6.07 Å². The normalized spacial score (nSPS) is 10.3. The molecule has 0 aliphatic carbocycles. The molecule has 0 atom stereocenters. The third kappa shape index (κ3) is 2.79. The lowest BCUT2D eigenvalue weighted by molar-refractivity contribution is 0.215. The first kappa shape index (κ1) is 13.0. The average Bonchev–Trinajstić information content (AvgIpc) is 2.97. The minimum absolute atomic E-state index is 0.340. The Kier molecular flexibility index (Phi) is 3.42. The molecular weight excluding hydrogens is 272 g/mol. The van der Waals surface area contributed by atoms with Crippen molar-refractivity contribution in [3.05, 3.63) is 48.9 Å². The highest BCUT2D eigenvalue weighted by molar-refractivity contribution is 5.89. The molecule has 6 heteroatoms. The predicted molar refractivity (Wildman–Crippen MR) is 76.6 cm³/mol. The van der Waals surface area contributed by atoms with Crippen LogP contribution in [0.15, 0.2) is 53.3 Å². The van der Waals surface area contributed by atoms with E-state index >= 15 is 0 Å². The molecule has 0 fully saturated rings. The second kappa shape index (κ2) is 5.54. The molecular formula is C15H12N2O4. The standard InChI is InChI=1S/C15H12N2O4/c1-19-11-7-5-10(6-8-11)17-15(18)21-13-4-2-3-12-14(13)16-9-20-12/h2-9H,1H3,(H,17,18). The summed E-state index contributed by atoms with van der Waals surface area (Å²) in [4.78, 5) is 15.9. The van der Waals surface area contributed by atoms with Gasteiger partial charge in [-0.05, 0) is 36.4 Å². The second-order valence-corrected chi connectivity index (χ2v) is 4.20. The molecule has 0 saturated heterocycles. The van der Waals surface area contributed by atoms with Gasteiger partial charge in [0, 0.05) is 5.69 Å². The highest BCUT2D eigenvalue weighted by Gasteiger charge is 2.10. The molecule has 0 aliphatic rings.